The van der Waals surface area contributed by atoms with Crippen LogP contribution >= 0.6 is 0 Å². The summed E-state index contributed by atoms with van der Waals surface area (Å²) in [4.78, 5) is 16.2. The third kappa shape index (κ3) is 3.51. The lowest BCUT2D eigenvalue weighted by Gasteiger charge is -2.40. The van der Waals surface area contributed by atoms with E-state index in [2.05, 4.69) is 24.0 Å². The van der Waals surface area contributed by atoms with E-state index in [0.29, 0.717) is 17.1 Å². The molecule has 0 atom stereocenters. The van der Waals surface area contributed by atoms with Gasteiger partial charge < -0.3 is 9.26 Å². The molecule has 0 aromatic carbocycles. The molecule has 1 aliphatic rings. The van der Waals surface area contributed by atoms with E-state index in [4.69, 9.17) is 9.26 Å². The van der Waals surface area contributed by atoms with Gasteiger partial charge in [-0.2, -0.15) is 4.98 Å². The summed E-state index contributed by atoms with van der Waals surface area (Å²) in [6, 6.07) is 0. The topological polar surface area (TPSA) is 65.2 Å². The Hall–Kier alpha value is -1.23. The first-order chi connectivity index (χ1) is 9.78. The quantitative estimate of drug-likeness (QED) is 0.833. The SMILES string of the molecule is COC1(c2noc(CC(=O)C(C)C)n2)CCC(C)(C)CC1. The first-order valence-electron chi connectivity index (χ1n) is 7.69. The Morgan fingerprint density at radius 2 is 1.90 bits per heavy atom. The Morgan fingerprint density at radius 1 is 1.29 bits per heavy atom. The van der Waals surface area contributed by atoms with Gasteiger partial charge in [0.1, 0.15) is 11.4 Å². The smallest absolute Gasteiger partial charge is 0.234 e. The molecule has 1 aromatic heterocycles. The number of carbonyl (C=O) groups excluding carboxylic acids is 1. The summed E-state index contributed by atoms with van der Waals surface area (Å²) in [6.07, 6.45) is 4.10. The van der Waals surface area contributed by atoms with Gasteiger partial charge >= 0.3 is 0 Å². The third-order valence-corrected chi connectivity index (χ3v) is 4.65. The molecule has 0 saturated heterocycles. The van der Waals surface area contributed by atoms with Gasteiger partial charge in [0.2, 0.25) is 11.7 Å². The molecule has 0 radical (unpaired) electrons. The van der Waals surface area contributed by atoms with Crippen LogP contribution in [0.15, 0.2) is 4.52 Å². The van der Waals surface area contributed by atoms with Crippen molar-refractivity contribution in [3.63, 3.8) is 0 Å². The molecule has 1 aliphatic carbocycles. The molecule has 5 nitrogen and oxygen atoms in total. The van der Waals surface area contributed by atoms with Gasteiger partial charge in [-0.25, -0.2) is 0 Å². The van der Waals surface area contributed by atoms with E-state index in [1.54, 1.807) is 7.11 Å². The van der Waals surface area contributed by atoms with Crippen LogP contribution in [0.4, 0.5) is 0 Å². The molecule has 5 heteroatoms. The fraction of sp³-hybridized carbons (Fsp3) is 0.812. The third-order valence-electron chi connectivity index (χ3n) is 4.65. The summed E-state index contributed by atoms with van der Waals surface area (Å²) in [6.45, 7) is 8.30. The molecule has 0 bridgehead atoms. The van der Waals surface area contributed by atoms with Gasteiger partial charge in [-0.1, -0.05) is 32.9 Å². The molecule has 0 amide bonds. The highest BCUT2D eigenvalue weighted by atomic mass is 16.5. The van der Waals surface area contributed by atoms with E-state index in [1.807, 2.05) is 13.8 Å². The molecule has 1 aromatic rings. The summed E-state index contributed by atoms with van der Waals surface area (Å²) >= 11 is 0. The fourth-order valence-corrected chi connectivity index (χ4v) is 2.71. The number of carbonyl (C=O) groups is 1. The summed E-state index contributed by atoms with van der Waals surface area (Å²) < 4.78 is 11.0. The predicted octanol–water partition coefficient (Wildman–Crippen LogP) is 3.28. The van der Waals surface area contributed by atoms with E-state index < -0.39 is 5.60 Å². The van der Waals surface area contributed by atoms with Crippen LogP contribution in [0.2, 0.25) is 0 Å². The lowest BCUT2D eigenvalue weighted by molar-refractivity contribution is -0.121. The second-order valence-corrected chi connectivity index (χ2v) is 7.17. The van der Waals surface area contributed by atoms with Gasteiger partial charge in [0, 0.05) is 13.0 Å². The minimum atomic E-state index is -0.460. The lowest BCUT2D eigenvalue weighted by atomic mass is 9.70. The van der Waals surface area contributed by atoms with Gasteiger partial charge in [0.25, 0.3) is 0 Å². The highest BCUT2D eigenvalue weighted by Gasteiger charge is 2.43. The molecule has 0 unspecified atom stereocenters. The summed E-state index contributed by atoms with van der Waals surface area (Å²) in [5.74, 6) is 1.07. The zero-order valence-electron chi connectivity index (χ0n) is 13.7. The van der Waals surface area contributed by atoms with Crippen LogP contribution in [0.3, 0.4) is 0 Å². The minimum Gasteiger partial charge on any atom is -0.370 e. The molecular formula is C16H26N2O3. The average molecular weight is 294 g/mol. The van der Waals surface area contributed by atoms with Crippen molar-refractivity contribution in [3.8, 4) is 0 Å². The molecule has 2 rings (SSSR count). The number of nitrogens with zero attached hydrogens (tertiary/aromatic N) is 2. The van der Waals surface area contributed by atoms with Crippen LogP contribution in [0.25, 0.3) is 0 Å². The van der Waals surface area contributed by atoms with Crippen molar-refractivity contribution in [2.24, 2.45) is 11.3 Å². The summed E-state index contributed by atoms with van der Waals surface area (Å²) in [7, 11) is 1.70. The fourth-order valence-electron chi connectivity index (χ4n) is 2.71. The summed E-state index contributed by atoms with van der Waals surface area (Å²) in [5.41, 5.74) is -0.125. The van der Waals surface area contributed by atoms with Crippen molar-refractivity contribution in [3.05, 3.63) is 11.7 Å². The number of hydrogen-bond acceptors (Lipinski definition) is 5. The number of Topliss-reactive ketones (excluding diaryl/α,β-unsaturated/α-hetero) is 1. The first kappa shape index (κ1) is 16.1. The van der Waals surface area contributed by atoms with Crippen molar-refractivity contribution in [2.75, 3.05) is 7.11 Å². The second kappa shape index (κ2) is 5.87. The van der Waals surface area contributed by atoms with Crippen LogP contribution < -0.4 is 0 Å². The zero-order chi connectivity index (χ0) is 15.7. The van der Waals surface area contributed by atoms with Gasteiger partial charge in [-0.3, -0.25) is 4.79 Å². The molecule has 0 N–H and O–H groups in total. The maximum absolute atomic E-state index is 11.8. The van der Waals surface area contributed by atoms with Gasteiger partial charge in [0.05, 0.1) is 6.42 Å². The lowest BCUT2D eigenvalue weighted by Crippen LogP contribution is -2.37. The predicted molar refractivity (Wildman–Crippen MR) is 78.8 cm³/mol. The second-order valence-electron chi connectivity index (χ2n) is 7.17. The van der Waals surface area contributed by atoms with Gasteiger partial charge in [-0.05, 0) is 31.1 Å². The standard InChI is InChI=1S/C16H26N2O3/c1-11(2)12(19)10-13-17-14(18-21-13)16(20-5)8-6-15(3,4)7-9-16/h11H,6-10H2,1-5H3. The van der Waals surface area contributed by atoms with Crippen molar-refractivity contribution < 1.29 is 14.1 Å². The van der Waals surface area contributed by atoms with Crippen LogP contribution in [-0.2, 0) is 21.6 Å². The molecule has 0 spiro atoms. The van der Waals surface area contributed by atoms with Crippen LogP contribution in [0.1, 0.15) is 65.1 Å². The Bertz CT molecular complexity index is 495. The van der Waals surface area contributed by atoms with E-state index in [-0.39, 0.29) is 18.1 Å². The maximum atomic E-state index is 11.8. The minimum absolute atomic E-state index is 0.0211. The molecular weight excluding hydrogens is 268 g/mol. The molecule has 1 fully saturated rings. The van der Waals surface area contributed by atoms with Crippen LogP contribution in [0.5, 0.6) is 0 Å². The van der Waals surface area contributed by atoms with Crippen molar-refractivity contribution in [2.45, 2.75) is 65.4 Å². The van der Waals surface area contributed by atoms with E-state index in [9.17, 15) is 4.79 Å². The van der Waals surface area contributed by atoms with Crippen LogP contribution in [-0.4, -0.2) is 23.0 Å². The largest absolute Gasteiger partial charge is 0.370 e. The number of methoxy groups -OCH3 is 1. The number of aromatic nitrogens is 2. The highest BCUT2D eigenvalue weighted by Crippen LogP contribution is 2.46. The average Bonchev–Trinajstić information content (AvgIpc) is 2.88. The molecule has 21 heavy (non-hydrogen) atoms. The Kier molecular flexibility index (Phi) is 4.51. The monoisotopic (exact) mass is 294 g/mol. The number of hydrogen-bond donors (Lipinski definition) is 0. The van der Waals surface area contributed by atoms with Crippen LogP contribution in [0, 0.1) is 11.3 Å². The summed E-state index contributed by atoms with van der Waals surface area (Å²) in [5, 5.41) is 4.08. The highest BCUT2D eigenvalue weighted by molar-refractivity contribution is 5.81. The Balaban J connectivity index is 2.13. The first-order valence-corrected chi connectivity index (χ1v) is 7.69. The molecule has 0 aliphatic heterocycles. The zero-order valence-corrected chi connectivity index (χ0v) is 13.7. The Morgan fingerprint density at radius 3 is 2.43 bits per heavy atom. The molecule has 1 saturated carbocycles. The van der Waals surface area contributed by atoms with E-state index in [1.165, 1.54) is 0 Å². The van der Waals surface area contributed by atoms with E-state index >= 15 is 0 Å². The molecule has 118 valence electrons. The van der Waals surface area contributed by atoms with Gasteiger partial charge in [0.15, 0.2) is 0 Å². The number of rotatable bonds is 5. The van der Waals surface area contributed by atoms with Crippen molar-refractivity contribution in [1.82, 2.24) is 10.1 Å². The molecule has 1 heterocycles. The normalized spacial score (nSPS) is 20.7. The van der Waals surface area contributed by atoms with E-state index in [0.717, 1.165) is 25.7 Å². The van der Waals surface area contributed by atoms with Crippen molar-refractivity contribution in [1.29, 1.82) is 0 Å². The number of ketones is 1. The van der Waals surface area contributed by atoms with Crippen molar-refractivity contribution >= 4 is 5.78 Å². The Labute approximate surface area is 126 Å². The van der Waals surface area contributed by atoms with Gasteiger partial charge in [-0.15, -0.1) is 0 Å². The number of ether oxygens (including phenoxy) is 1. The maximum Gasteiger partial charge on any atom is 0.234 e.